The van der Waals surface area contributed by atoms with Gasteiger partial charge in [-0.25, -0.2) is 4.68 Å². The number of hydrogen-bond acceptors (Lipinski definition) is 12. The van der Waals surface area contributed by atoms with E-state index in [0.29, 0.717) is 30.2 Å². The van der Waals surface area contributed by atoms with Gasteiger partial charge < -0.3 is 28.8 Å². The maximum atomic E-state index is 12.2. The molecule has 1 aromatic heterocycles. The molecule has 4 heterocycles. The fourth-order valence-electron chi connectivity index (χ4n) is 12.3. The second kappa shape index (κ2) is 14.1. The van der Waals surface area contributed by atoms with Gasteiger partial charge in [-0.05, 0) is 93.0 Å². The summed E-state index contributed by atoms with van der Waals surface area (Å²) in [7, 11) is 0. The predicted molar refractivity (Wildman–Crippen MR) is 194 cm³/mol. The monoisotopic (exact) mass is 750 g/mol. The third-order valence-corrected chi connectivity index (χ3v) is 14.6. The molecule has 296 valence electrons. The predicted octanol–water partition coefficient (Wildman–Crippen LogP) is 4.83. The molecule has 54 heavy (non-hydrogen) atoms. The first-order valence-electron chi connectivity index (χ1n) is 20.2. The molecule has 1 N–H and O–H groups in total. The van der Waals surface area contributed by atoms with E-state index >= 15 is 0 Å². The van der Waals surface area contributed by atoms with Crippen LogP contribution in [0.1, 0.15) is 112 Å². The van der Waals surface area contributed by atoms with Gasteiger partial charge in [0.1, 0.15) is 0 Å². The number of fused-ring (bicyclic) bond motifs is 6. The normalized spacial score (nSPS) is 43.1. The summed E-state index contributed by atoms with van der Waals surface area (Å²) >= 11 is 0. The third kappa shape index (κ3) is 6.34. The molecule has 5 fully saturated rings. The molecule has 14 atom stereocenters. The van der Waals surface area contributed by atoms with Crippen LogP contribution in [0.4, 0.5) is 0 Å². The van der Waals surface area contributed by atoms with Gasteiger partial charge in [0.25, 0.3) is 0 Å². The Morgan fingerprint density at radius 2 is 1.76 bits per heavy atom. The lowest BCUT2D eigenvalue weighted by Crippen LogP contribution is -2.55. The van der Waals surface area contributed by atoms with Crippen LogP contribution in [0, 0.1) is 35.0 Å². The molecule has 0 radical (unpaired) electrons. The fourth-order valence-corrected chi connectivity index (χ4v) is 12.3. The number of hydrogen-bond donors (Lipinski definition) is 1. The number of aliphatic hydroxyl groups excluding tert-OH is 1. The number of ether oxygens (including phenoxy) is 5. The van der Waals surface area contributed by atoms with Crippen LogP contribution in [0.5, 0.6) is 0 Å². The van der Waals surface area contributed by atoms with Gasteiger partial charge in [0.15, 0.2) is 24.5 Å². The molecule has 2 saturated carbocycles. The van der Waals surface area contributed by atoms with E-state index in [4.69, 9.17) is 23.7 Å². The van der Waals surface area contributed by atoms with Crippen LogP contribution in [0.3, 0.4) is 0 Å². The smallest absolute Gasteiger partial charge is 0.303 e. The van der Waals surface area contributed by atoms with Crippen molar-refractivity contribution < 1.29 is 43.2 Å². The van der Waals surface area contributed by atoms with Crippen LogP contribution in [0.15, 0.2) is 29.0 Å². The summed E-state index contributed by atoms with van der Waals surface area (Å²) in [6.07, 6.45) is 8.42. The zero-order valence-corrected chi connectivity index (χ0v) is 32.9. The van der Waals surface area contributed by atoms with Crippen LogP contribution in [-0.4, -0.2) is 98.2 Å². The minimum Gasteiger partial charge on any atom is -0.456 e. The average molecular weight is 751 g/mol. The first-order chi connectivity index (χ1) is 25.7. The van der Waals surface area contributed by atoms with Gasteiger partial charge in [-0.3, -0.25) is 19.3 Å². The van der Waals surface area contributed by atoms with Gasteiger partial charge in [0, 0.05) is 45.8 Å². The van der Waals surface area contributed by atoms with Crippen LogP contribution in [-0.2, 0) is 44.6 Å². The largest absolute Gasteiger partial charge is 0.456 e. The summed E-state index contributed by atoms with van der Waals surface area (Å²) in [6.45, 7) is 14.7. The Morgan fingerprint density at radius 3 is 2.50 bits per heavy atom. The Bertz CT molecular complexity index is 1720. The number of carbonyl (C=O) groups excluding carboxylic acids is 3. The van der Waals surface area contributed by atoms with E-state index in [-0.39, 0.29) is 41.8 Å². The quantitative estimate of drug-likeness (QED) is 0.241. The van der Waals surface area contributed by atoms with Gasteiger partial charge >= 0.3 is 17.9 Å². The maximum Gasteiger partial charge on any atom is 0.303 e. The summed E-state index contributed by atoms with van der Waals surface area (Å²) in [5.41, 5.74) is 5.27. The zero-order valence-electron chi connectivity index (χ0n) is 32.9. The number of aromatic nitrogens is 3. The highest BCUT2D eigenvalue weighted by molar-refractivity contribution is 5.68. The molecule has 13 nitrogen and oxygen atoms in total. The van der Waals surface area contributed by atoms with Crippen LogP contribution in [0.25, 0.3) is 0 Å². The van der Waals surface area contributed by atoms with Gasteiger partial charge in [-0.1, -0.05) is 43.2 Å². The Labute approximate surface area is 318 Å². The van der Waals surface area contributed by atoms with E-state index in [9.17, 15) is 19.5 Å². The lowest BCUT2D eigenvalue weighted by Gasteiger charge is -2.49. The van der Waals surface area contributed by atoms with Crippen molar-refractivity contribution in [1.82, 2.24) is 19.9 Å². The van der Waals surface area contributed by atoms with Gasteiger partial charge in [-0.15, -0.1) is 5.10 Å². The van der Waals surface area contributed by atoms with Crippen molar-refractivity contribution in [3.05, 3.63) is 34.7 Å². The number of rotatable bonds is 6. The Morgan fingerprint density at radius 1 is 1.02 bits per heavy atom. The lowest BCUT2D eigenvalue weighted by atomic mass is 9.56. The minimum absolute atomic E-state index is 0.0866. The standard InChI is InChI=1S/C41H58N4O9/c1-21-14-34-36(23(3)41(54-34)13-11-30-31-9-8-27-15-29(49)10-12-40(27,7)33(31)16-32(30)22(41)2)44(17-21)18-28-19-45(43-42-28)39-38(53-26(6)48)37(52-25(5)47)35(20-50-39)51-24(4)46/h8,19,21,23,29-31,33-39,49H,9-18,20H2,1-7H3/t21-,23+,29-,30-,31-,33-,34+,35+,36-,37-,38+,39-,40-,41-/m0/s1. The molecule has 1 spiro atoms. The molecule has 7 aliphatic rings. The highest BCUT2D eigenvalue weighted by atomic mass is 16.6. The maximum absolute atomic E-state index is 12.2. The van der Waals surface area contributed by atoms with Crippen molar-refractivity contribution in [2.24, 2.45) is 35.0 Å². The molecule has 8 rings (SSSR count). The lowest BCUT2D eigenvalue weighted by molar-refractivity contribution is -0.241. The number of piperidine rings is 1. The summed E-state index contributed by atoms with van der Waals surface area (Å²) in [6, 6.07) is 0.213. The van der Waals surface area contributed by atoms with E-state index < -0.39 is 42.4 Å². The number of allylic oxidation sites excluding steroid dienone is 2. The zero-order chi connectivity index (χ0) is 38.3. The van der Waals surface area contributed by atoms with Gasteiger partial charge in [0.2, 0.25) is 0 Å². The molecule has 0 bridgehead atoms. The van der Waals surface area contributed by atoms with E-state index in [1.54, 1.807) is 11.8 Å². The van der Waals surface area contributed by atoms with Crippen LogP contribution < -0.4 is 0 Å². The molecule has 0 aromatic carbocycles. The molecule has 3 aliphatic heterocycles. The van der Waals surface area contributed by atoms with Crippen molar-refractivity contribution >= 4 is 17.9 Å². The second-order valence-corrected chi connectivity index (χ2v) is 17.9. The highest BCUT2D eigenvalue weighted by Gasteiger charge is 2.62. The van der Waals surface area contributed by atoms with Crippen molar-refractivity contribution in [2.75, 3.05) is 13.2 Å². The number of carbonyl (C=O) groups is 3. The van der Waals surface area contributed by atoms with E-state index in [1.807, 2.05) is 0 Å². The van der Waals surface area contributed by atoms with Crippen LogP contribution >= 0.6 is 0 Å². The first-order valence-corrected chi connectivity index (χ1v) is 20.2. The van der Waals surface area contributed by atoms with E-state index in [2.05, 4.69) is 49.0 Å². The molecular formula is C41H58N4O9. The summed E-state index contributed by atoms with van der Waals surface area (Å²) in [5.74, 6) is 0.874. The van der Waals surface area contributed by atoms with Crippen molar-refractivity contribution in [3.8, 4) is 0 Å². The summed E-state index contributed by atoms with van der Waals surface area (Å²) in [4.78, 5) is 38.7. The van der Waals surface area contributed by atoms with E-state index in [1.165, 1.54) is 43.0 Å². The minimum atomic E-state index is -1.12. The number of nitrogens with zero attached hydrogens (tertiary/aromatic N) is 4. The molecular weight excluding hydrogens is 692 g/mol. The number of likely N-dealkylation sites (tertiary alicyclic amines) is 1. The Balaban J connectivity index is 1.02. The Hall–Kier alpha value is -3.13. The molecule has 3 saturated heterocycles. The molecule has 4 aliphatic carbocycles. The van der Waals surface area contributed by atoms with Crippen molar-refractivity contribution in [2.45, 2.75) is 155 Å². The van der Waals surface area contributed by atoms with Gasteiger partial charge in [0.05, 0.1) is 36.3 Å². The molecule has 0 unspecified atom stereocenters. The first kappa shape index (κ1) is 37.8. The molecule has 13 heteroatoms. The van der Waals surface area contributed by atoms with Crippen LogP contribution in [0.2, 0.25) is 0 Å². The van der Waals surface area contributed by atoms with Crippen molar-refractivity contribution in [3.63, 3.8) is 0 Å². The van der Waals surface area contributed by atoms with E-state index in [0.717, 1.165) is 57.2 Å². The molecule has 0 amide bonds. The highest BCUT2D eigenvalue weighted by Crippen LogP contribution is 2.65. The SMILES string of the molecule is CC(=O)O[C@@H]1[C@@H](OC(C)=O)[C@@H](n2cc(CN3C[C@@H](C)C[C@H]4O[C@]5(CC[C@@H]6C(=C5C)C[C@H]5[C@H]6CC=C6C[C@@H](O)CC[C@@]65C)[C@H](C)[C@@H]43)nn2)OC[C@H]1OC(C)=O. The third-order valence-electron chi connectivity index (χ3n) is 14.6. The number of aliphatic hydroxyl groups is 1. The topological polar surface area (TPSA) is 152 Å². The fraction of sp³-hybridized carbons (Fsp3) is 0.780. The number of esters is 3. The summed E-state index contributed by atoms with van der Waals surface area (Å²) < 4.78 is 31.5. The van der Waals surface area contributed by atoms with Crippen molar-refractivity contribution in [1.29, 1.82) is 0 Å². The average Bonchev–Trinajstić information content (AvgIpc) is 3.79. The molecule has 1 aromatic rings. The summed E-state index contributed by atoms with van der Waals surface area (Å²) in [5, 5.41) is 19.5. The second-order valence-electron chi connectivity index (χ2n) is 17.9. The Kier molecular flexibility index (Phi) is 9.87. The van der Waals surface area contributed by atoms with Gasteiger partial charge in [-0.2, -0.15) is 0 Å².